The first-order valence-corrected chi connectivity index (χ1v) is 5.61. The first-order chi connectivity index (χ1) is 9.11. The molecule has 0 bridgehead atoms. The number of amides is 1. The van der Waals surface area contributed by atoms with Gasteiger partial charge in [-0.1, -0.05) is 11.6 Å². The van der Waals surface area contributed by atoms with Crippen LogP contribution in [-0.4, -0.2) is 23.0 Å². The van der Waals surface area contributed by atoms with E-state index < -0.39 is 11.7 Å². The minimum Gasteiger partial charge on any atom is -0.497 e. The van der Waals surface area contributed by atoms with Gasteiger partial charge in [-0.05, 0) is 12.1 Å². The van der Waals surface area contributed by atoms with Gasteiger partial charge < -0.3 is 10.1 Å². The van der Waals surface area contributed by atoms with Crippen LogP contribution in [0, 0.1) is 5.82 Å². The number of rotatable bonds is 3. The maximum absolute atomic E-state index is 13.7. The van der Waals surface area contributed by atoms with Crippen molar-refractivity contribution in [2.45, 2.75) is 0 Å². The Morgan fingerprint density at radius 1 is 1.37 bits per heavy atom. The molecule has 0 aliphatic carbocycles. The first kappa shape index (κ1) is 13.2. The van der Waals surface area contributed by atoms with Crippen LogP contribution in [0.2, 0.25) is 5.15 Å². The lowest BCUT2D eigenvalue weighted by Gasteiger charge is -2.07. The first-order valence-electron chi connectivity index (χ1n) is 5.23. The molecule has 0 atom stereocenters. The summed E-state index contributed by atoms with van der Waals surface area (Å²) in [4.78, 5) is 19.5. The molecule has 0 aliphatic heterocycles. The number of hydrogen-bond acceptors (Lipinski definition) is 4. The Morgan fingerprint density at radius 2 is 2.11 bits per heavy atom. The summed E-state index contributed by atoms with van der Waals surface area (Å²) in [6.45, 7) is 0. The second-order valence-corrected chi connectivity index (χ2v) is 3.85. The Bertz CT molecular complexity index is 622. The molecule has 5 nitrogen and oxygen atoms in total. The highest BCUT2D eigenvalue weighted by Crippen LogP contribution is 2.19. The third-order valence-corrected chi connectivity index (χ3v) is 2.58. The molecule has 98 valence electrons. The summed E-state index contributed by atoms with van der Waals surface area (Å²) < 4.78 is 18.5. The van der Waals surface area contributed by atoms with E-state index in [1.54, 1.807) is 0 Å². The SMILES string of the molecule is COc1ccc(C(=O)Nc2nccnc2Cl)c(F)c1. The second kappa shape index (κ2) is 5.62. The van der Waals surface area contributed by atoms with E-state index in [4.69, 9.17) is 16.3 Å². The summed E-state index contributed by atoms with van der Waals surface area (Å²) in [5.74, 6) is -0.963. The predicted molar refractivity (Wildman–Crippen MR) is 67.9 cm³/mol. The van der Waals surface area contributed by atoms with E-state index in [0.29, 0.717) is 5.75 Å². The van der Waals surface area contributed by atoms with Crippen molar-refractivity contribution >= 4 is 23.3 Å². The van der Waals surface area contributed by atoms with Crippen molar-refractivity contribution < 1.29 is 13.9 Å². The average Bonchev–Trinajstić information content (AvgIpc) is 2.41. The van der Waals surface area contributed by atoms with Gasteiger partial charge in [0.05, 0.1) is 12.7 Å². The summed E-state index contributed by atoms with van der Waals surface area (Å²) in [5.41, 5.74) is -0.137. The summed E-state index contributed by atoms with van der Waals surface area (Å²) in [6.07, 6.45) is 2.75. The number of hydrogen-bond donors (Lipinski definition) is 1. The van der Waals surface area contributed by atoms with E-state index >= 15 is 0 Å². The van der Waals surface area contributed by atoms with Crippen molar-refractivity contribution in [1.29, 1.82) is 0 Å². The zero-order valence-corrected chi connectivity index (χ0v) is 10.6. The minimum absolute atomic E-state index is 0.0322. The molecule has 1 amide bonds. The highest BCUT2D eigenvalue weighted by atomic mass is 35.5. The second-order valence-electron chi connectivity index (χ2n) is 3.50. The van der Waals surface area contributed by atoms with Crippen LogP contribution in [0.15, 0.2) is 30.6 Å². The van der Waals surface area contributed by atoms with Gasteiger partial charge in [-0.2, -0.15) is 0 Å². The lowest BCUT2D eigenvalue weighted by molar-refractivity contribution is 0.102. The van der Waals surface area contributed by atoms with Crippen LogP contribution in [-0.2, 0) is 0 Å². The third kappa shape index (κ3) is 2.97. The number of carbonyl (C=O) groups is 1. The van der Waals surface area contributed by atoms with Crippen molar-refractivity contribution in [3.8, 4) is 5.75 Å². The molecule has 0 fully saturated rings. The standard InChI is InChI=1S/C12H9ClFN3O2/c1-19-7-2-3-8(9(14)6-7)12(18)17-11-10(13)15-4-5-16-11/h2-6H,1H3,(H,16,17,18). The molecule has 2 aromatic rings. The molecule has 0 spiro atoms. The summed E-state index contributed by atoms with van der Waals surface area (Å²) in [6, 6.07) is 3.91. The molecular formula is C12H9ClFN3O2. The topological polar surface area (TPSA) is 64.1 Å². The Labute approximate surface area is 113 Å². The van der Waals surface area contributed by atoms with Gasteiger partial charge in [0.2, 0.25) is 0 Å². The van der Waals surface area contributed by atoms with Crippen LogP contribution in [0.5, 0.6) is 5.75 Å². The van der Waals surface area contributed by atoms with Crippen LogP contribution < -0.4 is 10.1 Å². The average molecular weight is 282 g/mol. The van der Waals surface area contributed by atoms with E-state index in [-0.39, 0.29) is 16.5 Å². The van der Waals surface area contributed by atoms with Crippen LogP contribution in [0.25, 0.3) is 0 Å². The smallest absolute Gasteiger partial charge is 0.259 e. The molecule has 1 heterocycles. The predicted octanol–water partition coefficient (Wildman–Crippen LogP) is 2.53. The van der Waals surface area contributed by atoms with Crippen LogP contribution in [0.1, 0.15) is 10.4 Å². The molecule has 19 heavy (non-hydrogen) atoms. The molecule has 1 N–H and O–H groups in total. The van der Waals surface area contributed by atoms with Gasteiger partial charge >= 0.3 is 0 Å². The molecule has 7 heteroatoms. The van der Waals surface area contributed by atoms with E-state index in [1.165, 1.54) is 31.6 Å². The van der Waals surface area contributed by atoms with Crippen LogP contribution >= 0.6 is 11.6 Å². The number of benzene rings is 1. The Kier molecular flexibility index (Phi) is 3.91. The van der Waals surface area contributed by atoms with Gasteiger partial charge in [-0.15, -0.1) is 0 Å². The lowest BCUT2D eigenvalue weighted by Crippen LogP contribution is -2.15. The molecule has 0 radical (unpaired) electrons. The van der Waals surface area contributed by atoms with Crippen LogP contribution in [0.3, 0.4) is 0 Å². The summed E-state index contributed by atoms with van der Waals surface area (Å²) >= 11 is 5.74. The van der Waals surface area contributed by atoms with Crippen molar-refractivity contribution in [3.63, 3.8) is 0 Å². The van der Waals surface area contributed by atoms with Crippen molar-refractivity contribution in [3.05, 3.63) is 47.1 Å². The third-order valence-electron chi connectivity index (χ3n) is 2.31. The largest absolute Gasteiger partial charge is 0.497 e. The Morgan fingerprint density at radius 3 is 2.74 bits per heavy atom. The van der Waals surface area contributed by atoms with Gasteiger partial charge in [0.15, 0.2) is 11.0 Å². The molecular weight excluding hydrogens is 273 g/mol. The van der Waals surface area contributed by atoms with E-state index in [1.807, 2.05) is 0 Å². The number of nitrogens with one attached hydrogen (secondary N) is 1. The number of ether oxygens (including phenoxy) is 1. The molecule has 0 saturated carbocycles. The summed E-state index contributed by atoms with van der Waals surface area (Å²) in [5, 5.41) is 2.41. The molecule has 1 aromatic carbocycles. The molecule has 1 aromatic heterocycles. The monoisotopic (exact) mass is 281 g/mol. The van der Waals surface area contributed by atoms with Gasteiger partial charge in [0.1, 0.15) is 11.6 Å². The Hall–Kier alpha value is -2.21. The zero-order chi connectivity index (χ0) is 13.8. The minimum atomic E-state index is -0.697. The fourth-order valence-electron chi connectivity index (χ4n) is 1.39. The van der Waals surface area contributed by atoms with Gasteiger partial charge in [0, 0.05) is 18.5 Å². The number of nitrogens with zero attached hydrogens (tertiary/aromatic N) is 2. The number of carbonyl (C=O) groups excluding carboxylic acids is 1. The van der Waals surface area contributed by atoms with Crippen molar-refractivity contribution in [2.75, 3.05) is 12.4 Å². The maximum Gasteiger partial charge on any atom is 0.259 e. The number of methoxy groups -OCH3 is 1. The number of aromatic nitrogens is 2. The fraction of sp³-hybridized carbons (Fsp3) is 0.0833. The lowest BCUT2D eigenvalue weighted by atomic mass is 10.2. The van der Waals surface area contributed by atoms with E-state index in [2.05, 4.69) is 15.3 Å². The van der Waals surface area contributed by atoms with Gasteiger partial charge in [0.25, 0.3) is 5.91 Å². The normalized spacial score (nSPS) is 10.1. The van der Waals surface area contributed by atoms with Crippen molar-refractivity contribution in [1.82, 2.24) is 9.97 Å². The quantitative estimate of drug-likeness (QED) is 0.939. The van der Waals surface area contributed by atoms with E-state index in [9.17, 15) is 9.18 Å². The van der Waals surface area contributed by atoms with E-state index in [0.717, 1.165) is 6.07 Å². The number of halogens is 2. The fourth-order valence-corrected chi connectivity index (χ4v) is 1.54. The number of anilines is 1. The van der Waals surface area contributed by atoms with Gasteiger partial charge in [-0.3, -0.25) is 4.79 Å². The molecule has 0 aliphatic rings. The Balaban J connectivity index is 2.23. The zero-order valence-electron chi connectivity index (χ0n) is 9.85. The summed E-state index contributed by atoms with van der Waals surface area (Å²) in [7, 11) is 1.41. The van der Waals surface area contributed by atoms with Crippen molar-refractivity contribution in [2.24, 2.45) is 0 Å². The highest BCUT2D eigenvalue weighted by molar-refractivity contribution is 6.32. The molecule has 0 saturated heterocycles. The maximum atomic E-state index is 13.7. The van der Waals surface area contributed by atoms with Gasteiger partial charge in [-0.25, -0.2) is 14.4 Å². The molecule has 2 rings (SSSR count). The molecule has 0 unspecified atom stereocenters. The highest BCUT2D eigenvalue weighted by Gasteiger charge is 2.14. The van der Waals surface area contributed by atoms with Crippen LogP contribution in [0.4, 0.5) is 10.2 Å².